The number of nitriles is 1. The molecule has 0 aliphatic carbocycles. The van der Waals surface area contributed by atoms with Gasteiger partial charge in [-0.1, -0.05) is 11.6 Å². The summed E-state index contributed by atoms with van der Waals surface area (Å²) in [4.78, 5) is 23.0. The van der Waals surface area contributed by atoms with E-state index in [0.717, 1.165) is 0 Å². The van der Waals surface area contributed by atoms with Crippen LogP contribution in [0.15, 0.2) is 38.6 Å². The van der Waals surface area contributed by atoms with E-state index in [1.54, 1.807) is 37.3 Å². The fourth-order valence-corrected chi connectivity index (χ4v) is 1.84. The number of nitrogens with one attached hydrogen (secondary N) is 1. The van der Waals surface area contributed by atoms with E-state index in [1.165, 1.54) is 0 Å². The maximum Gasteiger partial charge on any atom is 0.345 e. The van der Waals surface area contributed by atoms with Gasteiger partial charge in [0.2, 0.25) is 0 Å². The van der Waals surface area contributed by atoms with Gasteiger partial charge >= 0.3 is 5.63 Å². The largest absolute Gasteiger partial charge is 0.422 e. The molecule has 1 heterocycles. The first kappa shape index (κ1) is 14.8. The predicted octanol–water partition coefficient (Wildman–Crippen LogP) is 2.20. The molecule has 0 aliphatic rings. The monoisotopic (exact) mass is 303 g/mol. The molecule has 1 aromatic heterocycles. The van der Waals surface area contributed by atoms with Gasteiger partial charge in [0.05, 0.1) is 17.3 Å². The van der Waals surface area contributed by atoms with Crippen molar-refractivity contribution < 1.29 is 9.21 Å². The number of fused-ring (bicyclic) bond motifs is 1. The number of hydrogen-bond acceptors (Lipinski definition) is 5. The first-order chi connectivity index (χ1) is 10.0. The van der Waals surface area contributed by atoms with Gasteiger partial charge in [-0.15, -0.1) is 0 Å². The number of halogens is 1. The van der Waals surface area contributed by atoms with Gasteiger partial charge in [-0.3, -0.25) is 4.79 Å². The van der Waals surface area contributed by atoms with Crippen LogP contribution in [0.4, 0.5) is 0 Å². The lowest BCUT2D eigenvalue weighted by Crippen LogP contribution is -2.20. The van der Waals surface area contributed by atoms with Gasteiger partial charge in [-0.25, -0.2) is 10.2 Å². The van der Waals surface area contributed by atoms with Crippen LogP contribution in [0.3, 0.4) is 0 Å². The molecule has 21 heavy (non-hydrogen) atoms. The third kappa shape index (κ3) is 3.46. The van der Waals surface area contributed by atoms with E-state index in [1.807, 2.05) is 0 Å². The molecular formula is C14H10ClN3O3. The molecule has 1 amide bonds. The quantitative estimate of drug-likeness (QED) is 0.534. The number of benzene rings is 1. The summed E-state index contributed by atoms with van der Waals surface area (Å²) in [5, 5.41) is 13.3. The number of amides is 1. The Kier molecular flexibility index (Phi) is 4.36. The lowest BCUT2D eigenvalue weighted by molar-refractivity contribution is -0.120. The molecule has 0 aliphatic heterocycles. The number of carbonyl (C=O) groups excluding carboxylic acids is 1. The zero-order valence-corrected chi connectivity index (χ0v) is 11.8. The molecule has 0 spiro atoms. The van der Waals surface area contributed by atoms with Gasteiger partial charge in [-0.2, -0.15) is 10.4 Å². The maximum atomic E-state index is 11.9. The highest BCUT2D eigenvalue weighted by Gasteiger charge is 2.09. The molecule has 0 unspecified atom stereocenters. The number of rotatable bonds is 3. The van der Waals surface area contributed by atoms with Crippen LogP contribution in [0.5, 0.6) is 0 Å². The van der Waals surface area contributed by atoms with Crippen molar-refractivity contribution in [2.45, 2.75) is 13.3 Å². The van der Waals surface area contributed by atoms with Crippen molar-refractivity contribution in [3.8, 4) is 6.07 Å². The molecule has 0 saturated carbocycles. The Morgan fingerprint density at radius 1 is 1.48 bits per heavy atom. The van der Waals surface area contributed by atoms with Gasteiger partial charge < -0.3 is 4.42 Å². The third-order valence-electron chi connectivity index (χ3n) is 2.67. The number of hydrogen-bond donors (Lipinski definition) is 1. The molecule has 6 nitrogen and oxygen atoms in total. The van der Waals surface area contributed by atoms with Crippen molar-refractivity contribution in [1.82, 2.24) is 5.43 Å². The van der Waals surface area contributed by atoms with Crippen LogP contribution in [-0.4, -0.2) is 11.6 Å². The molecule has 1 aromatic carbocycles. The molecule has 1 N–H and O–H groups in total. The fraction of sp³-hybridized carbons (Fsp3) is 0.143. The molecule has 0 atom stereocenters. The van der Waals surface area contributed by atoms with E-state index in [9.17, 15) is 9.59 Å². The highest BCUT2D eigenvalue weighted by Crippen LogP contribution is 2.18. The first-order valence-corrected chi connectivity index (χ1v) is 6.33. The van der Waals surface area contributed by atoms with Crippen molar-refractivity contribution >= 4 is 34.2 Å². The van der Waals surface area contributed by atoms with Gasteiger partial charge in [-0.05, 0) is 31.2 Å². The maximum absolute atomic E-state index is 11.9. The highest BCUT2D eigenvalue weighted by atomic mass is 35.5. The topological polar surface area (TPSA) is 95.5 Å². The van der Waals surface area contributed by atoms with Crippen LogP contribution in [0.2, 0.25) is 5.02 Å². The summed E-state index contributed by atoms with van der Waals surface area (Å²) >= 11 is 5.89. The van der Waals surface area contributed by atoms with Crippen molar-refractivity contribution in [2.24, 2.45) is 5.10 Å². The summed E-state index contributed by atoms with van der Waals surface area (Å²) < 4.78 is 5.16. The SMILES string of the molecule is CC(=NNC(=O)CC#N)c1cc2cc(Cl)ccc2oc1=O. The lowest BCUT2D eigenvalue weighted by Gasteiger charge is -2.03. The van der Waals surface area contributed by atoms with Gasteiger partial charge in [0, 0.05) is 10.4 Å². The van der Waals surface area contributed by atoms with Crippen LogP contribution in [0.1, 0.15) is 18.9 Å². The van der Waals surface area contributed by atoms with E-state index >= 15 is 0 Å². The molecule has 0 saturated heterocycles. The smallest absolute Gasteiger partial charge is 0.345 e. The van der Waals surface area contributed by atoms with Crippen molar-refractivity contribution in [3.05, 3.63) is 45.3 Å². The minimum Gasteiger partial charge on any atom is -0.422 e. The summed E-state index contributed by atoms with van der Waals surface area (Å²) in [5.41, 5.74) is 2.52. The summed E-state index contributed by atoms with van der Waals surface area (Å²) in [6.45, 7) is 1.55. The molecule has 7 heteroatoms. The second kappa shape index (κ2) is 6.20. The Hall–Kier alpha value is -2.65. The zero-order chi connectivity index (χ0) is 15.4. The number of hydrazone groups is 1. The van der Waals surface area contributed by atoms with E-state index in [4.69, 9.17) is 21.3 Å². The predicted molar refractivity (Wildman–Crippen MR) is 78.1 cm³/mol. The summed E-state index contributed by atoms with van der Waals surface area (Å²) in [5.74, 6) is -0.551. The Bertz CT molecular complexity index is 833. The average Bonchev–Trinajstić information content (AvgIpc) is 2.45. The van der Waals surface area contributed by atoms with Crippen molar-refractivity contribution in [3.63, 3.8) is 0 Å². The van der Waals surface area contributed by atoms with Gasteiger partial charge in [0.1, 0.15) is 12.0 Å². The summed E-state index contributed by atoms with van der Waals surface area (Å²) in [6, 6.07) is 8.16. The van der Waals surface area contributed by atoms with Crippen molar-refractivity contribution in [2.75, 3.05) is 0 Å². The summed E-state index contributed by atoms with van der Waals surface area (Å²) in [6.07, 6.45) is -0.307. The van der Waals surface area contributed by atoms with E-state index in [0.29, 0.717) is 16.0 Å². The third-order valence-corrected chi connectivity index (χ3v) is 2.91. The van der Waals surface area contributed by atoms with Crippen LogP contribution in [0, 0.1) is 11.3 Å². The minimum absolute atomic E-state index is 0.210. The Morgan fingerprint density at radius 2 is 2.24 bits per heavy atom. The molecule has 0 bridgehead atoms. The van der Waals surface area contributed by atoms with Crippen LogP contribution >= 0.6 is 11.6 Å². The summed E-state index contributed by atoms with van der Waals surface area (Å²) in [7, 11) is 0. The molecule has 2 rings (SSSR count). The fourth-order valence-electron chi connectivity index (χ4n) is 1.66. The molecule has 2 aromatic rings. The highest BCUT2D eigenvalue weighted by molar-refractivity contribution is 6.31. The number of carbonyl (C=O) groups is 1. The van der Waals surface area contributed by atoms with Gasteiger partial charge in [0.15, 0.2) is 0 Å². The Labute approximate surface area is 124 Å². The van der Waals surface area contributed by atoms with Gasteiger partial charge in [0.25, 0.3) is 5.91 Å². The van der Waals surface area contributed by atoms with E-state index < -0.39 is 11.5 Å². The molecule has 0 fully saturated rings. The molecule has 106 valence electrons. The molecular weight excluding hydrogens is 294 g/mol. The average molecular weight is 304 g/mol. The van der Waals surface area contributed by atoms with Crippen LogP contribution in [-0.2, 0) is 4.79 Å². The first-order valence-electron chi connectivity index (χ1n) is 5.95. The number of nitrogens with zero attached hydrogens (tertiary/aromatic N) is 2. The van der Waals surface area contributed by atoms with Crippen LogP contribution < -0.4 is 11.1 Å². The standard InChI is InChI=1S/C14H10ClN3O3/c1-8(17-18-13(19)4-5-16)11-7-9-6-10(15)2-3-12(9)21-14(11)20/h2-3,6-7H,4H2,1H3,(H,18,19). The normalized spacial score (nSPS) is 11.2. The Morgan fingerprint density at radius 3 is 2.95 bits per heavy atom. The van der Waals surface area contributed by atoms with E-state index in [2.05, 4.69) is 10.5 Å². The molecule has 0 radical (unpaired) electrons. The lowest BCUT2D eigenvalue weighted by atomic mass is 10.1. The van der Waals surface area contributed by atoms with E-state index in [-0.39, 0.29) is 17.7 Å². The minimum atomic E-state index is -0.569. The zero-order valence-electron chi connectivity index (χ0n) is 11.0. The Balaban J connectivity index is 2.39. The van der Waals surface area contributed by atoms with Crippen molar-refractivity contribution in [1.29, 1.82) is 5.26 Å². The second-order valence-electron chi connectivity index (χ2n) is 4.20. The van der Waals surface area contributed by atoms with Crippen LogP contribution in [0.25, 0.3) is 11.0 Å². The second-order valence-corrected chi connectivity index (χ2v) is 4.63.